The smallest absolute Gasteiger partial charge is 0.240 e. The molecule has 1 aliphatic rings. The molecule has 0 unspecified atom stereocenters. The van der Waals surface area contributed by atoms with Crippen molar-refractivity contribution in [3.63, 3.8) is 0 Å². The summed E-state index contributed by atoms with van der Waals surface area (Å²) in [6.07, 6.45) is 1.78. The minimum absolute atomic E-state index is 0.501. The van der Waals surface area contributed by atoms with E-state index in [-0.39, 0.29) is 0 Å². The van der Waals surface area contributed by atoms with E-state index < -0.39 is 0 Å². The van der Waals surface area contributed by atoms with Crippen LogP contribution in [-0.2, 0) is 0 Å². The Balaban J connectivity index is 1.26. The third-order valence-electron chi connectivity index (χ3n) is 9.32. The molecule has 0 atom stereocenters. The number of aromatic nitrogens is 5. The van der Waals surface area contributed by atoms with Crippen molar-refractivity contribution in [1.29, 1.82) is 0 Å². The molecule has 0 aliphatic carbocycles. The normalized spacial score (nSPS) is 12.2. The third-order valence-corrected chi connectivity index (χ3v) is 10.4. The average molecular weight is 673 g/mol. The fourth-order valence-electron chi connectivity index (χ4n) is 6.94. The number of rotatable bonds is 5. The van der Waals surface area contributed by atoms with Crippen LogP contribution in [0.3, 0.4) is 0 Å². The van der Waals surface area contributed by atoms with Gasteiger partial charge in [-0.2, -0.15) is 15.0 Å². The maximum Gasteiger partial charge on any atom is 0.240 e. The lowest BCUT2D eigenvalue weighted by Crippen LogP contribution is -2.19. The molecule has 6 nitrogen and oxygen atoms in total. The van der Waals surface area contributed by atoms with E-state index in [1.807, 2.05) is 18.2 Å². The van der Waals surface area contributed by atoms with Crippen LogP contribution in [0.1, 0.15) is 0 Å². The van der Waals surface area contributed by atoms with Crippen LogP contribution < -0.4 is 4.90 Å². The van der Waals surface area contributed by atoms with Crippen LogP contribution in [0.15, 0.2) is 180 Å². The average Bonchev–Trinajstić information content (AvgIpc) is 3.54. The summed E-state index contributed by atoms with van der Waals surface area (Å²) in [4.78, 5) is 24.7. The predicted octanol–water partition coefficient (Wildman–Crippen LogP) is 11.3. The first kappa shape index (κ1) is 29.4. The second-order valence-electron chi connectivity index (χ2n) is 12.4. The van der Waals surface area contributed by atoms with Crippen LogP contribution in [-0.4, -0.2) is 24.5 Å². The zero-order valence-corrected chi connectivity index (χ0v) is 28.1. The van der Waals surface area contributed by atoms with Gasteiger partial charge in [0.05, 0.1) is 22.4 Å². The number of para-hydroxylation sites is 2. The molecule has 7 heteroatoms. The number of benzene rings is 6. The van der Waals surface area contributed by atoms with Crippen molar-refractivity contribution in [2.75, 3.05) is 4.90 Å². The summed E-state index contributed by atoms with van der Waals surface area (Å²) >= 11 is 1.76. The second-order valence-corrected chi connectivity index (χ2v) is 13.5. The highest BCUT2D eigenvalue weighted by molar-refractivity contribution is 7.99. The first-order chi connectivity index (χ1) is 25.3. The Morgan fingerprint density at radius 1 is 0.431 bits per heavy atom. The molecular formula is C44H28N6S. The van der Waals surface area contributed by atoms with Crippen LogP contribution in [0, 0.1) is 0 Å². The van der Waals surface area contributed by atoms with E-state index in [2.05, 4.69) is 160 Å². The molecule has 10 rings (SSSR count). The lowest BCUT2D eigenvalue weighted by molar-refractivity contribution is 0.922. The van der Waals surface area contributed by atoms with Crippen molar-refractivity contribution in [2.24, 2.45) is 0 Å². The monoisotopic (exact) mass is 672 g/mol. The van der Waals surface area contributed by atoms with Crippen molar-refractivity contribution < 1.29 is 0 Å². The number of hydrogen-bond acceptors (Lipinski definition) is 6. The molecule has 4 heterocycles. The van der Waals surface area contributed by atoms with Gasteiger partial charge in [0, 0.05) is 26.8 Å². The van der Waals surface area contributed by atoms with E-state index in [0.29, 0.717) is 23.4 Å². The number of nitrogens with zero attached hydrogens (tertiary/aromatic N) is 6. The molecule has 1 aliphatic heterocycles. The van der Waals surface area contributed by atoms with Gasteiger partial charge in [-0.3, -0.25) is 14.5 Å². The van der Waals surface area contributed by atoms with Gasteiger partial charge in [0.1, 0.15) is 5.69 Å². The van der Waals surface area contributed by atoms with Gasteiger partial charge in [-0.15, -0.1) is 0 Å². The maximum absolute atomic E-state index is 5.31. The molecule has 0 fully saturated rings. The van der Waals surface area contributed by atoms with Gasteiger partial charge in [-0.05, 0) is 82.9 Å². The summed E-state index contributed by atoms with van der Waals surface area (Å²) in [5.74, 6) is 1.55. The minimum atomic E-state index is 0.501. The number of fused-ring (bicyclic) bond motifs is 5. The van der Waals surface area contributed by atoms with E-state index in [0.717, 1.165) is 54.1 Å². The summed E-state index contributed by atoms with van der Waals surface area (Å²) in [6, 6.07) is 57.0. The van der Waals surface area contributed by atoms with Crippen LogP contribution in [0.5, 0.6) is 0 Å². The molecule has 0 radical (unpaired) electrons. The van der Waals surface area contributed by atoms with Crippen LogP contribution in [0.2, 0.25) is 0 Å². The van der Waals surface area contributed by atoms with Gasteiger partial charge in [0.2, 0.25) is 11.9 Å². The highest BCUT2D eigenvalue weighted by Crippen LogP contribution is 2.50. The number of pyridine rings is 1. The third kappa shape index (κ3) is 5.06. The molecule has 0 amide bonds. The summed E-state index contributed by atoms with van der Waals surface area (Å²) in [7, 11) is 0. The molecule has 0 saturated heterocycles. The van der Waals surface area contributed by atoms with Crippen LogP contribution >= 0.6 is 11.8 Å². The lowest BCUT2D eigenvalue weighted by atomic mass is 10.0. The standard InChI is InChI=1S/C44H28N6S/c1-3-13-29(14-4-1)31-22-24-36-33(27-31)34-28-32(30-15-5-2-6-16-30)23-25-37(34)49(36)43-46-42(35-17-11-12-26-45-35)47-44(48-43)50-38-18-7-9-20-40(38)51-41-21-10-8-19-39(41)50/h1-28H. The van der Waals surface area contributed by atoms with E-state index >= 15 is 0 Å². The van der Waals surface area contributed by atoms with Crippen molar-refractivity contribution >= 4 is 50.9 Å². The van der Waals surface area contributed by atoms with E-state index in [1.54, 1.807) is 18.0 Å². The van der Waals surface area contributed by atoms with E-state index in [9.17, 15) is 0 Å². The molecule has 240 valence electrons. The Bertz CT molecular complexity index is 2590. The highest BCUT2D eigenvalue weighted by Gasteiger charge is 2.28. The number of hydrogen-bond donors (Lipinski definition) is 0. The largest absolute Gasteiger partial charge is 0.278 e. The number of anilines is 3. The summed E-state index contributed by atoms with van der Waals surface area (Å²) in [5, 5.41) is 2.24. The summed E-state index contributed by atoms with van der Waals surface area (Å²) < 4.78 is 2.17. The van der Waals surface area contributed by atoms with Crippen LogP contribution in [0.25, 0.3) is 61.5 Å². The van der Waals surface area contributed by atoms with E-state index in [4.69, 9.17) is 15.0 Å². The highest BCUT2D eigenvalue weighted by atomic mass is 32.2. The van der Waals surface area contributed by atoms with Gasteiger partial charge in [-0.1, -0.05) is 115 Å². The zero-order chi connectivity index (χ0) is 33.7. The Morgan fingerprint density at radius 2 is 0.961 bits per heavy atom. The van der Waals surface area contributed by atoms with Gasteiger partial charge in [0.25, 0.3) is 0 Å². The van der Waals surface area contributed by atoms with Crippen molar-refractivity contribution in [3.8, 4) is 39.7 Å². The Kier molecular flexibility index (Phi) is 6.96. The fourth-order valence-corrected chi connectivity index (χ4v) is 8.00. The van der Waals surface area contributed by atoms with Crippen molar-refractivity contribution in [1.82, 2.24) is 24.5 Å². The van der Waals surface area contributed by atoms with E-state index in [1.165, 1.54) is 11.1 Å². The maximum atomic E-state index is 5.31. The molecule has 0 spiro atoms. The molecule has 0 saturated carbocycles. The lowest BCUT2D eigenvalue weighted by Gasteiger charge is -2.31. The minimum Gasteiger partial charge on any atom is -0.278 e. The van der Waals surface area contributed by atoms with Crippen molar-refractivity contribution in [2.45, 2.75) is 9.79 Å². The van der Waals surface area contributed by atoms with Gasteiger partial charge < -0.3 is 0 Å². The SMILES string of the molecule is c1ccc(-c2ccc3c(c2)c2cc(-c4ccccc4)ccc2n3-c2nc(-c3ccccn3)nc(N3c4ccccc4Sc4ccccc43)n2)cc1. The zero-order valence-electron chi connectivity index (χ0n) is 27.3. The van der Waals surface area contributed by atoms with Gasteiger partial charge in [-0.25, -0.2) is 0 Å². The predicted molar refractivity (Wildman–Crippen MR) is 207 cm³/mol. The molecule has 9 aromatic rings. The van der Waals surface area contributed by atoms with Gasteiger partial charge >= 0.3 is 0 Å². The molecule has 0 bridgehead atoms. The first-order valence-corrected chi connectivity index (χ1v) is 17.6. The van der Waals surface area contributed by atoms with Crippen molar-refractivity contribution in [3.05, 3.63) is 170 Å². The fraction of sp³-hybridized carbons (Fsp3) is 0. The molecule has 51 heavy (non-hydrogen) atoms. The topological polar surface area (TPSA) is 59.7 Å². The van der Waals surface area contributed by atoms with Crippen LogP contribution in [0.4, 0.5) is 17.3 Å². The molecule has 0 N–H and O–H groups in total. The first-order valence-electron chi connectivity index (χ1n) is 16.8. The Morgan fingerprint density at radius 3 is 1.53 bits per heavy atom. The molecule has 3 aromatic heterocycles. The summed E-state index contributed by atoms with van der Waals surface area (Å²) in [5.41, 5.74) is 9.37. The van der Waals surface area contributed by atoms with Gasteiger partial charge in [0.15, 0.2) is 5.82 Å². The molecular weight excluding hydrogens is 645 g/mol. The Labute approximate surface area is 298 Å². The second kappa shape index (κ2) is 12.1. The summed E-state index contributed by atoms with van der Waals surface area (Å²) in [6.45, 7) is 0. The quantitative estimate of drug-likeness (QED) is 0.181. The molecule has 6 aromatic carbocycles. The Hall–Kier alpha value is -6.57.